The molecule has 2 nitrogen and oxygen atoms in total. The van der Waals surface area contributed by atoms with Crippen LogP contribution in [0.2, 0.25) is 0 Å². The fourth-order valence-corrected chi connectivity index (χ4v) is 9.40. The van der Waals surface area contributed by atoms with Crippen molar-refractivity contribution in [2.45, 2.75) is 19.3 Å². The normalized spacial score (nSPS) is 12.7. The zero-order valence-corrected chi connectivity index (χ0v) is 33.1. The quantitative estimate of drug-likeness (QED) is 0.161. The van der Waals surface area contributed by atoms with Gasteiger partial charge in [0, 0.05) is 44.4 Å². The molecule has 9 aromatic carbocycles. The Balaban J connectivity index is 1.08. The molecule has 0 saturated carbocycles. The molecule has 1 aliphatic carbocycles. The standard InChI is InChI=1S/C57H41NO/c1-57(2)52-24-13-12-21-48(52)50-37-51-49-23-14-22-47(42-19-10-5-11-20-42)55(49)59-56(51)53(54(50)57)43-29-35-46(36-30-43)58(44-31-25-40(26-32-44)38-15-6-3-7-16-38)45-33-27-41(28-34-45)39-17-8-4-9-18-39/h3-37H,1-2H3. The van der Waals surface area contributed by atoms with Crippen molar-refractivity contribution >= 4 is 39.0 Å². The van der Waals surface area contributed by atoms with Gasteiger partial charge in [-0.05, 0) is 98.1 Å². The average Bonchev–Trinajstić information content (AvgIpc) is 3.79. The topological polar surface area (TPSA) is 16.4 Å². The summed E-state index contributed by atoms with van der Waals surface area (Å²) in [7, 11) is 0. The van der Waals surface area contributed by atoms with E-state index in [2.05, 4.69) is 231 Å². The van der Waals surface area contributed by atoms with Crippen molar-refractivity contribution in [2.75, 3.05) is 4.90 Å². The highest BCUT2D eigenvalue weighted by atomic mass is 16.3. The van der Waals surface area contributed by atoms with Gasteiger partial charge >= 0.3 is 0 Å². The summed E-state index contributed by atoms with van der Waals surface area (Å²) in [4.78, 5) is 2.35. The van der Waals surface area contributed by atoms with E-state index in [9.17, 15) is 0 Å². The van der Waals surface area contributed by atoms with Crippen LogP contribution in [0.25, 0.3) is 77.6 Å². The molecule has 10 aromatic rings. The summed E-state index contributed by atoms with van der Waals surface area (Å²) in [5, 5.41) is 2.27. The molecule has 1 aromatic heterocycles. The number of para-hydroxylation sites is 1. The Bertz CT molecular complexity index is 3040. The fourth-order valence-electron chi connectivity index (χ4n) is 9.40. The third-order valence-corrected chi connectivity index (χ3v) is 12.3. The number of nitrogens with zero attached hydrogens (tertiary/aromatic N) is 1. The van der Waals surface area contributed by atoms with Gasteiger partial charge in [-0.1, -0.05) is 184 Å². The summed E-state index contributed by atoms with van der Waals surface area (Å²) in [6.45, 7) is 4.72. The molecule has 0 unspecified atom stereocenters. The predicted molar refractivity (Wildman–Crippen MR) is 248 cm³/mol. The van der Waals surface area contributed by atoms with Gasteiger partial charge in [-0.25, -0.2) is 0 Å². The zero-order chi connectivity index (χ0) is 39.5. The van der Waals surface area contributed by atoms with Crippen molar-refractivity contribution in [3.05, 3.63) is 223 Å². The fraction of sp³-hybridized carbons (Fsp3) is 0.0526. The summed E-state index contributed by atoms with van der Waals surface area (Å²) >= 11 is 0. The van der Waals surface area contributed by atoms with Crippen LogP contribution in [0, 0.1) is 0 Å². The molecule has 1 aliphatic rings. The first-order valence-corrected chi connectivity index (χ1v) is 20.4. The maximum absolute atomic E-state index is 7.14. The van der Waals surface area contributed by atoms with Crippen molar-refractivity contribution < 1.29 is 4.42 Å². The molecular formula is C57H41NO. The Kier molecular flexibility index (Phi) is 8.20. The summed E-state index contributed by atoms with van der Waals surface area (Å²) in [5.41, 5.74) is 19.5. The van der Waals surface area contributed by atoms with Gasteiger partial charge in [0.05, 0.1) is 0 Å². The summed E-state index contributed by atoms with van der Waals surface area (Å²) < 4.78 is 7.14. The van der Waals surface area contributed by atoms with E-state index in [0.717, 1.165) is 61.3 Å². The highest BCUT2D eigenvalue weighted by molar-refractivity contribution is 6.16. The lowest BCUT2D eigenvalue weighted by Gasteiger charge is -2.27. The number of hydrogen-bond acceptors (Lipinski definition) is 2. The second-order valence-electron chi connectivity index (χ2n) is 16.1. The Morgan fingerprint density at radius 3 is 1.37 bits per heavy atom. The number of rotatable bonds is 7. The first-order valence-electron chi connectivity index (χ1n) is 20.4. The van der Waals surface area contributed by atoms with Gasteiger partial charge in [0.25, 0.3) is 0 Å². The molecule has 0 amide bonds. The minimum absolute atomic E-state index is 0.234. The van der Waals surface area contributed by atoms with Crippen LogP contribution in [0.3, 0.4) is 0 Å². The van der Waals surface area contributed by atoms with Crippen molar-refractivity contribution in [2.24, 2.45) is 0 Å². The van der Waals surface area contributed by atoms with E-state index in [1.54, 1.807) is 0 Å². The second-order valence-corrected chi connectivity index (χ2v) is 16.1. The predicted octanol–water partition coefficient (Wildman–Crippen LogP) is 16.0. The number of fused-ring (bicyclic) bond motifs is 6. The molecule has 0 radical (unpaired) electrons. The summed E-state index contributed by atoms with van der Waals surface area (Å²) in [6, 6.07) is 76.5. The minimum Gasteiger partial charge on any atom is -0.455 e. The van der Waals surface area contributed by atoms with E-state index in [1.807, 2.05) is 0 Å². The smallest absolute Gasteiger partial charge is 0.143 e. The molecular weight excluding hydrogens is 715 g/mol. The van der Waals surface area contributed by atoms with Crippen molar-refractivity contribution in [1.82, 2.24) is 0 Å². The molecule has 0 fully saturated rings. The van der Waals surface area contributed by atoms with Gasteiger partial charge in [-0.2, -0.15) is 0 Å². The van der Waals surface area contributed by atoms with Crippen molar-refractivity contribution in [1.29, 1.82) is 0 Å². The van der Waals surface area contributed by atoms with Crippen LogP contribution in [0.4, 0.5) is 17.1 Å². The van der Waals surface area contributed by atoms with Crippen molar-refractivity contribution in [3.8, 4) is 55.6 Å². The minimum atomic E-state index is -0.234. The Morgan fingerprint density at radius 2 is 0.814 bits per heavy atom. The lowest BCUT2D eigenvalue weighted by atomic mass is 9.78. The molecule has 0 spiro atoms. The van der Waals surface area contributed by atoms with Gasteiger partial charge in [0.15, 0.2) is 0 Å². The summed E-state index contributed by atoms with van der Waals surface area (Å²) in [6.07, 6.45) is 0. The highest BCUT2D eigenvalue weighted by Gasteiger charge is 2.39. The van der Waals surface area contributed by atoms with E-state index in [-0.39, 0.29) is 5.41 Å². The molecule has 0 bridgehead atoms. The molecule has 0 atom stereocenters. The van der Waals surface area contributed by atoms with Crippen LogP contribution in [0.1, 0.15) is 25.0 Å². The molecule has 1 heterocycles. The molecule has 0 aliphatic heterocycles. The number of benzene rings is 9. The van der Waals surface area contributed by atoms with Gasteiger partial charge in [-0.15, -0.1) is 0 Å². The highest BCUT2D eigenvalue weighted by Crippen LogP contribution is 2.56. The summed E-state index contributed by atoms with van der Waals surface area (Å²) in [5.74, 6) is 0. The maximum Gasteiger partial charge on any atom is 0.143 e. The lowest BCUT2D eigenvalue weighted by Crippen LogP contribution is -2.16. The number of anilines is 3. The van der Waals surface area contributed by atoms with Crippen LogP contribution in [0.15, 0.2) is 217 Å². The van der Waals surface area contributed by atoms with Crippen molar-refractivity contribution in [3.63, 3.8) is 0 Å². The SMILES string of the molecule is CC1(C)c2ccccc2-c2cc3c(oc4c(-c5ccccc5)cccc43)c(-c3ccc(N(c4ccc(-c5ccccc5)cc4)c4ccc(-c5ccccc5)cc4)cc3)c21. The first-order chi connectivity index (χ1) is 29.0. The molecule has 0 N–H and O–H groups in total. The average molecular weight is 756 g/mol. The van der Waals surface area contributed by atoms with Crippen LogP contribution >= 0.6 is 0 Å². The molecule has 2 heteroatoms. The zero-order valence-electron chi connectivity index (χ0n) is 33.1. The van der Waals surface area contributed by atoms with Gasteiger partial charge < -0.3 is 9.32 Å². The monoisotopic (exact) mass is 755 g/mol. The van der Waals surface area contributed by atoms with Crippen LogP contribution < -0.4 is 4.90 Å². The van der Waals surface area contributed by atoms with Crippen LogP contribution in [-0.2, 0) is 5.41 Å². The Hall–Kier alpha value is -7.42. The van der Waals surface area contributed by atoms with E-state index < -0.39 is 0 Å². The Labute approximate surface area is 345 Å². The number of hydrogen-bond donors (Lipinski definition) is 0. The van der Waals surface area contributed by atoms with E-state index in [0.29, 0.717) is 0 Å². The van der Waals surface area contributed by atoms with Crippen LogP contribution in [-0.4, -0.2) is 0 Å². The molecule has 280 valence electrons. The maximum atomic E-state index is 7.14. The van der Waals surface area contributed by atoms with Gasteiger partial charge in [0.2, 0.25) is 0 Å². The lowest BCUT2D eigenvalue weighted by molar-refractivity contribution is 0.650. The van der Waals surface area contributed by atoms with Gasteiger partial charge in [0.1, 0.15) is 11.2 Å². The third kappa shape index (κ3) is 5.79. The largest absolute Gasteiger partial charge is 0.455 e. The molecule has 59 heavy (non-hydrogen) atoms. The Morgan fingerprint density at radius 1 is 0.356 bits per heavy atom. The molecule has 11 rings (SSSR count). The van der Waals surface area contributed by atoms with Gasteiger partial charge in [-0.3, -0.25) is 0 Å². The van der Waals surface area contributed by atoms with E-state index in [1.165, 1.54) is 44.5 Å². The molecule has 0 saturated heterocycles. The first kappa shape index (κ1) is 34.8. The van der Waals surface area contributed by atoms with E-state index >= 15 is 0 Å². The number of furan rings is 1. The van der Waals surface area contributed by atoms with E-state index in [4.69, 9.17) is 4.42 Å². The third-order valence-electron chi connectivity index (χ3n) is 12.3. The van der Waals surface area contributed by atoms with Crippen LogP contribution in [0.5, 0.6) is 0 Å². The second kappa shape index (κ2) is 13.9.